The lowest BCUT2D eigenvalue weighted by Gasteiger charge is -2.35. The Kier molecular flexibility index (Phi) is 7.98. The summed E-state index contributed by atoms with van der Waals surface area (Å²) in [6.45, 7) is 5.64. The molecule has 4 rings (SSSR count). The van der Waals surface area contributed by atoms with Gasteiger partial charge in [-0.05, 0) is 44.4 Å². The van der Waals surface area contributed by atoms with E-state index in [1.165, 1.54) is 29.2 Å². The van der Waals surface area contributed by atoms with Crippen LogP contribution in [0.4, 0.5) is 5.69 Å². The fourth-order valence-electron chi connectivity index (χ4n) is 4.35. The number of halogens is 1. The molecule has 1 aromatic heterocycles. The van der Waals surface area contributed by atoms with Gasteiger partial charge < -0.3 is 14.3 Å². The molecule has 1 saturated heterocycles. The summed E-state index contributed by atoms with van der Waals surface area (Å²) >= 11 is 6.08. The Morgan fingerprint density at radius 3 is 2.84 bits per heavy atom. The van der Waals surface area contributed by atoms with E-state index in [2.05, 4.69) is 16.7 Å². The molecule has 1 aliphatic heterocycles. The number of nitrogens with zero attached hydrogens (tertiary/aromatic N) is 5. The molecular formula is C26H26ClN5O5. The van der Waals surface area contributed by atoms with Crippen LogP contribution in [0.2, 0.25) is 5.02 Å². The molecule has 1 atom stereocenters. The predicted molar refractivity (Wildman–Crippen MR) is 137 cm³/mol. The quantitative estimate of drug-likeness (QED) is 0.231. The maximum atomic E-state index is 13.4. The third-order valence-electron chi connectivity index (χ3n) is 6.25. The maximum absolute atomic E-state index is 13.4. The van der Waals surface area contributed by atoms with Gasteiger partial charge in [0.1, 0.15) is 12.6 Å². The number of aryl methyl sites for hydroxylation is 1. The summed E-state index contributed by atoms with van der Waals surface area (Å²) in [6.07, 6.45) is 3.84. The summed E-state index contributed by atoms with van der Waals surface area (Å²) in [5.74, 6) is -0.0892. The van der Waals surface area contributed by atoms with Crippen LogP contribution in [0.5, 0.6) is 0 Å². The Hall–Kier alpha value is -4.05. The van der Waals surface area contributed by atoms with Gasteiger partial charge in [0.2, 0.25) is 17.6 Å². The van der Waals surface area contributed by atoms with E-state index in [9.17, 15) is 19.7 Å². The lowest BCUT2D eigenvalue weighted by atomic mass is 10.0. The molecular weight excluding hydrogens is 498 g/mol. The van der Waals surface area contributed by atoms with E-state index in [-0.39, 0.29) is 30.2 Å². The lowest BCUT2D eigenvalue weighted by Crippen LogP contribution is -2.46. The monoisotopic (exact) mass is 523 g/mol. The van der Waals surface area contributed by atoms with Crippen molar-refractivity contribution in [3.8, 4) is 11.4 Å². The Morgan fingerprint density at radius 2 is 2.11 bits per heavy atom. The predicted octanol–water partition coefficient (Wildman–Crippen LogP) is 4.99. The molecule has 2 amide bonds. The first-order valence-electron chi connectivity index (χ1n) is 11.8. The third kappa shape index (κ3) is 5.86. The number of carbonyl (C=O) groups is 2. The van der Waals surface area contributed by atoms with Crippen LogP contribution in [0.15, 0.2) is 59.6 Å². The normalized spacial score (nSPS) is 15.3. The van der Waals surface area contributed by atoms with Crippen LogP contribution in [0.1, 0.15) is 47.1 Å². The van der Waals surface area contributed by atoms with Crippen molar-refractivity contribution in [1.29, 1.82) is 0 Å². The molecule has 0 bridgehead atoms. The van der Waals surface area contributed by atoms with E-state index < -0.39 is 16.9 Å². The Balaban J connectivity index is 1.54. The van der Waals surface area contributed by atoms with Gasteiger partial charge in [-0.3, -0.25) is 19.7 Å². The summed E-state index contributed by atoms with van der Waals surface area (Å²) in [5, 5.41) is 15.9. The topological polar surface area (TPSA) is 123 Å². The van der Waals surface area contributed by atoms with Crippen molar-refractivity contribution >= 4 is 29.1 Å². The molecule has 192 valence electrons. The number of likely N-dealkylation sites (tertiary alicyclic amines) is 1. The molecule has 1 aliphatic rings. The molecule has 0 saturated carbocycles. The largest absolute Gasteiger partial charge is 0.337 e. The van der Waals surface area contributed by atoms with Crippen molar-refractivity contribution in [2.24, 2.45) is 0 Å². The molecule has 0 spiro atoms. The molecule has 0 N–H and O–H groups in total. The average molecular weight is 524 g/mol. The van der Waals surface area contributed by atoms with E-state index >= 15 is 0 Å². The van der Waals surface area contributed by atoms with E-state index in [1.54, 1.807) is 30.0 Å². The summed E-state index contributed by atoms with van der Waals surface area (Å²) in [4.78, 5) is 44.9. The van der Waals surface area contributed by atoms with Gasteiger partial charge in [0, 0.05) is 40.9 Å². The smallest absolute Gasteiger partial charge is 0.273 e. The van der Waals surface area contributed by atoms with Crippen LogP contribution in [0.3, 0.4) is 0 Å². The van der Waals surface area contributed by atoms with Crippen LogP contribution in [-0.4, -0.2) is 56.3 Å². The van der Waals surface area contributed by atoms with Crippen LogP contribution in [0.25, 0.3) is 11.4 Å². The van der Waals surface area contributed by atoms with Gasteiger partial charge in [0.05, 0.1) is 4.92 Å². The van der Waals surface area contributed by atoms with Crippen LogP contribution in [-0.2, 0) is 4.79 Å². The van der Waals surface area contributed by atoms with E-state index in [0.717, 1.165) is 12.8 Å². The highest BCUT2D eigenvalue weighted by atomic mass is 35.5. The van der Waals surface area contributed by atoms with Crippen LogP contribution < -0.4 is 0 Å². The molecule has 2 heterocycles. The van der Waals surface area contributed by atoms with Gasteiger partial charge in [0.25, 0.3) is 11.6 Å². The van der Waals surface area contributed by atoms with Gasteiger partial charge >= 0.3 is 0 Å². The first-order valence-corrected chi connectivity index (χ1v) is 12.2. The standard InChI is InChI=1S/C26H26ClN5O5/c1-3-12-30(26(34)19-11-10-17(2)22(15-19)32(35)36)16-23(33)31-13-5-4-9-21(31)25-28-24(29-37-25)18-7-6-8-20(27)14-18/h3,6-8,10-11,14-15,21H,1,4-5,9,12-13,16H2,2H3. The summed E-state index contributed by atoms with van der Waals surface area (Å²) < 4.78 is 5.54. The minimum Gasteiger partial charge on any atom is -0.337 e. The van der Waals surface area contributed by atoms with Crippen molar-refractivity contribution in [1.82, 2.24) is 19.9 Å². The zero-order valence-electron chi connectivity index (χ0n) is 20.3. The number of hydrogen-bond donors (Lipinski definition) is 0. The van der Waals surface area contributed by atoms with Gasteiger partial charge in [-0.2, -0.15) is 4.98 Å². The highest BCUT2D eigenvalue weighted by molar-refractivity contribution is 6.30. The van der Waals surface area contributed by atoms with Crippen molar-refractivity contribution in [3.05, 3.63) is 87.3 Å². The molecule has 11 heteroatoms. The molecule has 37 heavy (non-hydrogen) atoms. The van der Waals surface area contributed by atoms with Gasteiger partial charge in [-0.15, -0.1) is 6.58 Å². The number of piperidine rings is 1. The number of hydrogen-bond acceptors (Lipinski definition) is 7. The summed E-state index contributed by atoms with van der Waals surface area (Å²) in [5.41, 5.74) is 1.12. The Labute approximate surface area is 218 Å². The minimum atomic E-state index is -0.532. The second kappa shape index (κ2) is 11.3. The molecule has 1 unspecified atom stereocenters. The molecule has 10 nitrogen and oxygen atoms in total. The highest BCUT2D eigenvalue weighted by Gasteiger charge is 2.33. The SMILES string of the molecule is C=CCN(CC(=O)N1CCCCC1c1nc(-c2cccc(Cl)c2)no1)C(=O)c1ccc(C)c([N+](=O)[O-])c1. The first-order chi connectivity index (χ1) is 17.8. The van der Waals surface area contributed by atoms with Crippen molar-refractivity contribution < 1.29 is 19.0 Å². The van der Waals surface area contributed by atoms with Crippen molar-refractivity contribution in [3.63, 3.8) is 0 Å². The van der Waals surface area contributed by atoms with E-state index in [0.29, 0.717) is 40.8 Å². The number of nitro groups is 1. The van der Waals surface area contributed by atoms with Crippen molar-refractivity contribution in [2.75, 3.05) is 19.6 Å². The van der Waals surface area contributed by atoms with Gasteiger partial charge in [-0.1, -0.05) is 41.0 Å². The van der Waals surface area contributed by atoms with Gasteiger partial charge in [0.15, 0.2) is 0 Å². The third-order valence-corrected chi connectivity index (χ3v) is 6.48. The average Bonchev–Trinajstić information content (AvgIpc) is 3.38. The lowest BCUT2D eigenvalue weighted by molar-refractivity contribution is -0.385. The Morgan fingerprint density at radius 1 is 1.30 bits per heavy atom. The maximum Gasteiger partial charge on any atom is 0.273 e. The van der Waals surface area contributed by atoms with Crippen molar-refractivity contribution in [2.45, 2.75) is 32.2 Å². The molecule has 3 aromatic rings. The second-order valence-corrected chi connectivity index (χ2v) is 9.23. The van der Waals surface area contributed by atoms with E-state index in [1.807, 2.05) is 6.07 Å². The Bertz CT molecular complexity index is 1340. The molecule has 2 aromatic carbocycles. The molecule has 1 fully saturated rings. The fourth-order valence-corrected chi connectivity index (χ4v) is 4.54. The first kappa shape index (κ1) is 26.0. The fraction of sp³-hybridized carbons (Fsp3) is 0.308. The molecule has 0 radical (unpaired) electrons. The molecule has 0 aliphatic carbocycles. The number of rotatable bonds is 8. The zero-order chi connectivity index (χ0) is 26.5. The highest BCUT2D eigenvalue weighted by Crippen LogP contribution is 2.32. The van der Waals surface area contributed by atoms with Crippen LogP contribution in [0, 0.1) is 17.0 Å². The minimum absolute atomic E-state index is 0.101. The number of benzene rings is 2. The zero-order valence-corrected chi connectivity index (χ0v) is 21.1. The number of aromatic nitrogens is 2. The van der Waals surface area contributed by atoms with Crippen LogP contribution >= 0.6 is 11.6 Å². The number of carbonyl (C=O) groups excluding carboxylic acids is 2. The van der Waals surface area contributed by atoms with Gasteiger partial charge in [-0.25, -0.2) is 0 Å². The number of nitro benzene ring substituents is 1. The number of amides is 2. The second-order valence-electron chi connectivity index (χ2n) is 8.80. The summed E-state index contributed by atoms with van der Waals surface area (Å²) in [7, 11) is 0. The summed E-state index contributed by atoms with van der Waals surface area (Å²) in [6, 6.07) is 10.9. The van der Waals surface area contributed by atoms with E-state index in [4.69, 9.17) is 16.1 Å².